The van der Waals surface area contributed by atoms with Crippen LogP contribution in [0.5, 0.6) is 11.5 Å². The number of hydrogen-bond donors (Lipinski definition) is 1. The van der Waals surface area contributed by atoms with Crippen molar-refractivity contribution in [1.82, 2.24) is 0 Å². The molecular formula is C25H19ClF2N2O3. The highest BCUT2D eigenvalue weighted by atomic mass is 35.5. The fraction of sp³-hybridized carbons (Fsp3) is 0.120. The van der Waals surface area contributed by atoms with E-state index >= 15 is 0 Å². The van der Waals surface area contributed by atoms with Crippen molar-refractivity contribution in [2.75, 3.05) is 11.9 Å². The number of amides is 1. The van der Waals surface area contributed by atoms with Gasteiger partial charge in [-0.05, 0) is 61.0 Å². The van der Waals surface area contributed by atoms with Crippen molar-refractivity contribution in [3.05, 3.63) is 94.0 Å². The maximum Gasteiger partial charge on any atom is 0.266 e. The highest BCUT2D eigenvalue weighted by Gasteiger charge is 2.15. The molecule has 168 valence electrons. The number of rotatable bonds is 8. The number of carbonyl (C=O) groups excluding carboxylic acids is 1. The average Bonchev–Trinajstić information content (AvgIpc) is 2.79. The van der Waals surface area contributed by atoms with Crippen LogP contribution in [-0.4, -0.2) is 12.5 Å². The number of nitrogens with zero attached hydrogens (tertiary/aromatic N) is 1. The largest absolute Gasteiger partial charge is 0.490 e. The molecule has 0 saturated heterocycles. The molecule has 8 heteroatoms. The fourth-order valence-electron chi connectivity index (χ4n) is 2.89. The van der Waals surface area contributed by atoms with Gasteiger partial charge in [0.2, 0.25) is 0 Å². The Balaban J connectivity index is 1.85. The quantitative estimate of drug-likeness (QED) is 0.318. The van der Waals surface area contributed by atoms with E-state index in [-0.39, 0.29) is 28.7 Å². The van der Waals surface area contributed by atoms with E-state index in [0.29, 0.717) is 23.4 Å². The molecule has 0 unspecified atom stereocenters. The minimum absolute atomic E-state index is 0.0643. The van der Waals surface area contributed by atoms with Crippen molar-refractivity contribution in [2.24, 2.45) is 0 Å². The summed E-state index contributed by atoms with van der Waals surface area (Å²) < 4.78 is 38.3. The standard InChI is InChI=1S/C25H19ClF2N2O3/c1-2-32-23-13-16(11-18(14-29)25(31)30-20-9-7-19(27)8-10-20)12-21(26)24(23)33-15-17-5-3-4-6-22(17)28/h3-13H,2,15H2,1H3,(H,30,31)/b18-11+. The Morgan fingerprint density at radius 3 is 2.52 bits per heavy atom. The molecule has 3 rings (SSSR count). The summed E-state index contributed by atoms with van der Waals surface area (Å²) in [5, 5.41) is 12.1. The van der Waals surface area contributed by atoms with Crippen molar-refractivity contribution in [3.8, 4) is 17.6 Å². The van der Waals surface area contributed by atoms with E-state index in [9.17, 15) is 18.8 Å². The molecule has 5 nitrogen and oxygen atoms in total. The Morgan fingerprint density at radius 2 is 1.85 bits per heavy atom. The van der Waals surface area contributed by atoms with Crippen LogP contribution in [0.15, 0.2) is 66.2 Å². The molecule has 0 aliphatic heterocycles. The second-order valence-corrected chi connectivity index (χ2v) is 7.18. The van der Waals surface area contributed by atoms with Crippen molar-refractivity contribution in [3.63, 3.8) is 0 Å². The van der Waals surface area contributed by atoms with E-state index in [2.05, 4.69) is 5.32 Å². The number of hydrogen-bond acceptors (Lipinski definition) is 4. The monoisotopic (exact) mass is 468 g/mol. The SMILES string of the molecule is CCOc1cc(/C=C(\C#N)C(=O)Nc2ccc(F)cc2)cc(Cl)c1OCc1ccccc1F. The zero-order valence-electron chi connectivity index (χ0n) is 17.6. The van der Waals surface area contributed by atoms with Crippen LogP contribution in [0.4, 0.5) is 14.5 Å². The summed E-state index contributed by atoms with van der Waals surface area (Å²) >= 11 is 6.38. The Morgan fingerprint density at radius 1 is 1.12 bits per heavy atom. The molecule has 1 amide bonds. The van der Waals surface area contributed by atoms with E-state index in [1.165, 1.54) is 42.5 Å². The first-order valence-electron chi connectivity index (χ1n) is 9.92. The lowest BCUT2D eigenvalue weighted by Crippen LogP contribution is -2.13. The van der Waals surface area contributed by atoms with Gasteiger partial charge < -0.3 is 14.8 Å². The Labute approximate surface area is 194 Å². The molecule has 0 aliphatic rings. The molecule has 0 radical (unpaired) electrons. The third-order valence-corrected chi connectivity index (χ3v) is 4.72. The van der Waals surface area contributed by atoms with E-state index in [1.807, 2.05) is 6.07 Å². The first kappa shape index (κ1) is 23.8. The maximum atomic E-state index is 13.9. The third kappa shape index (κ3) is 6.31. The number of benzene rings is 3. The van der Waals surface area contributed by atoms with Gasteiger partial charge in [-0.15, -0.1) is 0 Å². The molecular weight excluding hydrogens is 450 g/mol. The van der Waals surface area contributed by atoms with Crippen molar-refractivity contribution < 1.29 is 23.0 Å². The minimum Gasteiger partial charge on any atom is -0.490 e. The molecule has 0 aliphatic carbocycles. The second-order valence-electron chi connectivity index (χ2n) is 6.77. The van der Waals surface area contributed by atoms with E-state index < -0.39 is 17.5 Å². The molecule has 0 fully saturated rings. The number of nitriles is 1. The molecule has 0 saturated carbocycles. The summed E-state index contributed by atoms with van der Waals surface area (Å²) in [7, 11) is 0. The molecule has 0 atom stereocenters. The van der Waals surface area contributed by atoms with Gasteiger partial charge in [0.1, 0.15) is 29.9 Å². The van der Waals surface area contributed by atoms with E-state index in [4.69, 9.17) is 21.1 Å². The second kappa shape index (κ2) is 11.1. The van der Waals surface area contributed by atoms with Gasteiger partial charge in [-0.3, -0.25) is 4.79 Å². The smallest absolute Gasteiger partial charge is 0.266 e. The molecule has 0 heterocycles. The van der Waals surface area contributed by atoms with Gasteiger partial charge in [-0.25, -0.2) is 8.78 Å². The zero-order chi connectivity index (χ0) is 23.8. The van der Waals surface area contributed by atoms with Gasteiger partial charge in [0.25, 0.3) is 5.91 Å². The van der Waals surface area contributed by atoms with Crippen molar-refractivity contribution >= 4 is 29.3 Å². The van der Waals surface area contributed by atoms with Crippen LogP contribution in [0.1, 0.15) is 18.1 Å². The predicted octanol–water partition coefficient (Wildman–Crippen LogP) is 6.14. The van der Waals surface area contributed by atoms with Gasteiger partial charge >= 0.3 is 0 Å². The third-order valence-electron chi connectivity index (χ3n) is 4.44. The van der Waals surface area contributed by atoms with Gasteiger partial charge in [-0.2, -0.15) is 5.26 Å². The van der Waals surface area contributed by atoms with Crippen molar-refractivity contribution in [1.29, 1.82) is 5.26 Å². The molecule has 0 aromatic heterocycles. The van der Waals surface area contributed by atoms with Gasteiger partial charge in [-0.1, -0.05) is 29.8 Å². The minimum atomic E-state index is -0.668. The van der Waals surface area contributed by atoms with E-state index in [0.717, 1.165) is 0 Å². The van der Waals surface area contributed by atoms with Gasteiger partial charge in [0.05, 0.1) is 11.6 Å². The van der Waals surface area contributed by atoms with Crippen LogP contribution in [0, 0.1) is 23.0 Å². The zero-order valence-corrected chi connectivity index (χ0v) is 18.3. The Bertz CT molecular complexity index is 1220. The lowest BCUT2D eigenvalue weighted by Gasteiger charge is -2.15. The normalized spacial score (nSPS) is 10.9. The lowest BCUT2D eigenvalue weighted by molar-refractivity contribution is -0.112. The van der Waals surface area contributed by atoms with Gasteiger partial charge in [0.15, 0.2) is 11.5 Å². The summed E-state index contributed by atoms with van der Waals surface area (Å²) in [4.78, 5) is 12.5. The summed E-state index contributed by atoms with van der Waals surface area (Å²) in [6.45, 7) is 2.01. The first-order valence-corrected chi connectivity index (χ1v) is 10.3. The van der Waals surface area contributed by atoms with Crippen LogP contribution >= 0.6 is 11.6 Å². The highest BCUT2D eigenvalue weighted by molar-refractivity contribution is 6.32. The van der Waals surface area contributed by atoms with Crippen LogP contribution in [0.25, 0.3) is 6.08 Å². The molecule has 3 aromatic carbocycles. The topological polar surface area (TPSA) is 71.3 Å². The number of halogens is 3. The molecule has 1 N–H and O–H groups in total. The van der Waals surface area contributed by atoms with Crippen LogP contribution in [-0.2, 0) is 11.4 Å². The molecule has 0 bridgehead atoms. The Hall–Kier alpha value is -3.89. The highest BCUT2D eigenvalue weighted by Crippen LogP contribution is 2.38. The number of carbonyl (C=O) groups is 1. The van der Waals surface area contributed by atoms with Crippen LogP contribution in [0.3, 0.4) is 0 Å². The summed E-state index contributed by atoms with van der Waals surface area (Å²) in [5.41, 5.74) is 0.919. The first-order chi connectivity index (χ1) is 15.9. The van der Waals surface area contributed by atoms with E-state index in [1.54, 1.807) is 31.2 Å². The van der Waals surface area contributed by atoms with Crippen LogP contribution in [0.2, 0.25) is 5.02 Å². The van der Waals surface area contributed by atoms with Crippen molar-refractivity contribution in [2.45, 2.75) is 13.5 Å². The average molecular weight is 469 g/mol. The fourth-order valence-corrected chi connectivity index (χ4v) is 3.16. The molecule has 33 heavy (non-hydrogen) atoms. The molecule has 3 aromatic rings. The predicted molar refractivity (Wildman–Crippen MR) is 122 cm³/mol. The van der Waals surface area contributed by atoms with Gasteiger partial charge in [0, 0.05) is 11.3 Å². The maximum absolute atomic E-state index is 13.9. The molecule has 0 spiro atoms. The number of anilines is 1. The number of nitrogens with one attached hydrogen (secondary N) is 1. The summed E-state index contributed by atoms with van der Waals surface area (Å²) in [6, 6.07) is 16.3. The van der Waals surface area contributed by atoms with Crippen LogP contribution < -0.4 is 14.8 Å². The lowest BCUT2D eigenvalue weighted by atomic mass is 10.1. The Kier molecular flexibility index (Phi) is 8.01. The summed E-state index contributed by atoms with van der Waals surface area (Å²) in [6.07, 6.45) is 1.34. The summed E-state index contributed by atoms with van der Waals surface area (Å²) in [5.74, 6) is -1.02. The number of ether oxygens (including phenoxy) is 2.